The van der Waals surface area contributed by atoms with E-state index in [0.717, 1.165) is 16.6 Å². The summed E-state index contributed by atoms with van der Waals surface area (Å²) in [6.45, 7) is 4.12. The number of benzene rings is 2. The molecule has 0 saturated carbocycles. The maximum atomic E-state index is 12.5. The highest BCUT2D eigenvalue weighted by molar-refractivity contribution is 6.06. The van der Waals surface area contributed by atoms with Gasteiger partial charge in [0, 0.05) is 11.1 Å². The molecule has 0 aliphatic heterocycles. The predicted molar refractivity (Wildman–Crippen MR) is 101 cm³/mol. The molecule has 0 fully saturated rings. The Balaban J connectivity index is 1.79. The van der Waals surface area contributed by atoms with Crippen molar-refractivity contribution in [3.8, 4) is 11.5 Å². The van der Waals surface area contributed by atoms with Gasteiger partial charge >= 0.3 is 0 Å². The molecule has 2 aromatic carbocycles. The largest absolute Gasteiger partial charge is 0.504 e. The zero-order chi connectivity index (χ0) is 18.5. The third-order valence-corrected chi connectivity index (χ3v) is 3.75. The molecular weight excluding hydrogens is 330 g/mol. The first-order valence-electron chi connectivity index (χ1n) is 8.24. The molecule has 0 radical (unpaired) electrons. The number of hydrazone groups is 1. The van der Waals surface area contributed by atoms with E-state index >= 15 is 0 Å². The van der Waals surface area contributed by atoms with Crippen LogP contribution in [0, 0.1) is 6.92 Å². The second kappa shape index (κ2) is 7.65. The number of rotatable bonds is 5. The Labute approximate surface area is 151 Å². The summed E-state index contributed by atoms with van der Waals surface area (Å²) in [5.74, 6) is 0.122. The van der Waals surface area contributed by atoms with Gasteiger partial charge in [-0.05, 0) is 49.7 Å². The fourth-order valence-corrected chi connectivity index (χ4v) is 2.60. The number of carbonyl (C=O) groups is 1. The zero-order valence-electron chi connectivity index (χ0n) is 14.6. The molecule has 26 heavy (non-hydrogen) atoms. The van der Waals surface area contributed by atoms with Crippen LogP contribution in [0.2, 0.25) is 0 Å². The van der Waals surface area contributed by atoms with Crippen LogP contribution in [0.3, 0.4) is 0 Å². The molecule has 0 saturated heterocycles. The molecule has 132 valence electrons. The molecule has 6 nitrogen and oxygen atoms in total. The van der Waals surface area contributed by atoms with Crippen LogP contribution >= 0.6 is 0 Å². The van der Waals surface area contributed by atoms with Crippen molar-refractivity contribution in [3.63, 3.8) is 0 Å². The number of hydrogen-bond donors (Lipinski definition) is 2. The summed E-state index contributed by atoms with van der Waals surface area (Å²) in [5, 5.41) is 14.5. The van der Waals surface area contributed by atoms with Crippen LogP contribution in [0.25, 0.3) is 10.9 Å². The molecule has 0 aliphatic rings. The summed E-state index contributed by atoms with van der Waals surface area (Å²) >= 11 is 0. The first-order valence-corrected chi connectivity index (χ1v) is 8.24. The highest BCUT2D eigenvalue weighted by atomic mass is 16.5. The van der Waals surface area contributed by atoms with Gasteiger partial charge in [0.15, 0.2) is 11.5 Å². The highest BCUT2D eigenvalue weighted by Crippen LogP contribution is 2.26. The highest BCUT2D eigenvalue weighted by Gasteiger charge is 2.11. The number of hydrogen-bond acceptors (Lipinski definition) is 5. The maximum absolute atomic E-state index is 12.5. The minimum atomic E-state index is -0.313. The topological polar surface area (TPSA) is 83.8 Å². The van der Waals surface area contributed by atoms with E-state index in [1.165, 1.54) is 12.3 Å². The lowest BCUT2D eigenvalue weighted by Gasteiger charge is -2.07. The number of aromatic nitrogens is 1. The van der Waals surface area contributed by atoms with E-state index in [1.807, 2.05) is 38.1 Å². The van der Waals surface area contributed by atoms with Crippen LogP contribution in [0.4, 0.5) is 0 Å². The Morgan fingerprint density at radius 1 is 1.27 bits per heavy atom. The van der Waals surface area contributed by atoms with Crippen molar-refractivity contribution in [3.05, 3.63) is 65.4 Å². The van der Waals surface area contributed by atoms with Crippen LogP contribution in [0.1, 0.15) is 28.5 Å². The lowest BCUT2D eigenvalue weighted by Crippen LogP contribution is -2.18. The molecule has 0 unspecified atom stereocenters. The Morgan fingerprint density at radius 3 is 2.88 bits per heavy atom. The third-order valence-electron chi connectivity index (χ3n) is 3.75. The van der Waals surface area contributed by atoms with Crippen molar-refractivity contribution in [2.45, 2.75) is 13.8 Å². The summed E-state index contributed by atoms with van der Waals surface area (Å²) in [5.41, 5.74) is 5.28. The lowest BCUT2D eigenvalue weighted by atomic mass is 10.1. The number of aromatic hydroxyl groups is 1. The van der Waals surface area contributed by atoms with Crippen molar-refractivity contribution in [1.82, 2.24) is 10.4 Å². The molecule has 0 atom stereocenters. The molecule has 0 spiro atoms. The number of amides is 1. The molecule has 3 aromatic rings. The fraction of sp³-hybridized carbons (Fsp3) is 0.150. The number of phenols is 1. The van der Waals surface area contributed by atoms with Crippen molar-refractivity contribution < 1.29 is 14.6 Å². The molecule has 0 bridgehead atoms. The standard InChI is InChI=1S/C20H19N3O3/c1-3-26-19-11-14(8-9-18(19)24)12-21-23-20(25)16-10-13(2)22-17-7-5-4-6-15(16)17/h4-12,24H,3H2,1-2H3,(H,23,25). The van der Waals surface area contributed by atoms with Gasteiger partial charge in [0.1, 0.15) is 0 Å². The minimum absolute atomic E-state index is 0.0618. The summed E-state index contributed by atoms with van der Waals surface area (Å²) in [6.07, 6.45) is 1.50. The van der Waals surface area contributed by atoms with E-state index in [-0.39, 0.29) is 11.7 Å². The molecule has 6 heteroatoms. The fourth-order valence-electron chi connectivity index (χ4n) is 2.60. The van der Waals surface area contributed by atoms with Gasteiger partial charge in [-0.2, -0.15) is 5.10 Å². The van der Waals surface area contributed by atoms with Gasteiger partial charge in [-0.25, -0.2) is 5.43 Å². The smallest absolute Gasteiger partial charge is 0.272 e. The number of fused-ring (bicyclic) bond motifs is 1. The molecule has 3 rings (SSSR count). The monoisotopic (exact) mass is 349 g/mol. The van der Waals surface area contributed by atoms with E-state index < -0.39 is 0 Å². The van der Waals surface area contributed by atoms with Crippen LogP contribution in [-0.2, 0) is 0 Å². The summed E-state index contributed by atoms with van der Waals surface area (Å²) in [7, 11) is 0. The maximum Gasteiger partial charge on any atom is 0.272 e. The Morgan fingerprint density at radius 2 is 2.08 bits per heavy atom. The van der Waals surface area contributed by atoms with E-state index in [9.17, 15) is 9.90 Å². The summed E-state index contributed by atoms with van der Waals surface area (Å²) < 4.78 is 5.33. The Hall–Kier alpha value is -3.41. The van der Waals surface area contributed by atoms with Crippen molar-refractivity contribution in [1.29, 1.82) is 0 Å². The van der Waals surface area contributed by atoms with Gasteiger partial charge in [-0.15, -0.1) is 0 Å². The van der Waals surface area contributed by atoms with Crippen LogP contribution in [0.15, 0.2) is 53.6 Å². The van der Waals surface area contributed by atoms with E-state index in [1.54, 1.807) is 18.2 Å². The van der Waals surface area contributed by atoms with Crippen molar-refractivity contribution in [2.24, 2.45) is 5.10 Å². The molecular formula is C20H19N3O3. The molecule has 1 amide bonds. The van der Waals surface area contributed by atoms with Crippen LogP contribution in [0.5, 0.6) is 11.5 Å². The van der Waals surface area contributed by atoms with Gasteiger partial charge in [-0.1, -0.05) is 18.2 Å². The van der Waals surface area contributed by atoms with E-state index in [2.05, 4.69) is 15.5 Å². The number of para-hydroxylation sites is 1. The predicted octanol–water partition coefficient (Wildman–Crippen LogP) is 3.41. The van der Waals surface area contributed by atoms with Crippen LogP contribution in [-0.4, -0.2) is 28.8 Å². The zero-order valence-corrected chi connectivity index (χ0v) is 14.6. The van der Waals surface area contributed by atoms with Crippen molar-refractivity contribution >= 4 is 23.0 Å². The van der Waals surface area contributed by atoms with E-state index in [4.69, 9.17) is 4.74 Å². The number of phenolic OH excluding ortho intramolecular Hbond substituents is 1. The average Bonchev–Trinajstić information content (AvgIpc) is 2.63. The Kier molecular flexibility index (Phi) is 5.12. The minimum Gasteiger partial charge on any atom is -0.504 e. The summed E-state index contributed by atoms with van der Waals surface area (Å²) in [4.78, 5) is 16.9. The molecule has 1 aromatic heterocycles. The molecule has 1 heterocycles. The lowest BCUT2D eigenvalue weighted by molar-refractivity contribution is 0.0956. The summed E-state index contributed by atoms with van der Waals surface area (Å²) in [6, 6.07) is 14.1. The van der Waals surface area contributed by atoms with Gasteiger partial charge in [0.05, 0.1) is 23.9 Å². The normalized spacial score (nSPS) is 11.0. The number of nitrogens with zero attached hydrogens (tertiary/aromatic N) is 2. The number of aryl methyl sites for hydroxylation is 1. The first kappa shape index (κ1) is 17.4. The second-order valence-electron chi connectivity index (χ2n) is 5.69. The van der Waals surface area contributed by atoms with Gasteiger partial charge in [0.2, 0.25) is 0 Å². The second-order valence-corrected chi connectivity index (χ2v) is 5.69. The van der Waals surface area contributed by atoms with Gasteiger partial charge in [0.25, 0.3) is 5.91 Å². The number of pyridine rings is 1. The van der Waals surface area contributed by atoms with E-state index in [0.29, 0.717) is 23.5 Å². The van der Waals surface area contributed by atoms with Crippen LogP contribution < -0.4 is 10.2 Å². The molecule has 2 N–H and O–H groups in total. The number of carbonyl (C=O) groups excluding carboxylic acids is 1. The molecule has 0 aliphatic carbocycles. The number of nitrogens with one attached hydrogen (secondary N) is 1. The SMILES string of the molecule is CCOc1cc(C=NNC(=O)c2cc(C)nc3ccccc23)ccc1O. The van der Waals surface area contributed by atoms with Gasteiger partial charge < -0.3 is 9.84 Å². The quantitative estimate of drug-likeness (QED) is 0.546. The Bertz CT molecular complexity index is 983. The van der Waals surface area contributed by atoms with Crippen molar-refractivity contribution in [2.75, 3.05) is 6.61 Å². The third kappa shape index (κ3) is 3.80. The average molecular weight is 349 g/mol. The van der Waals surface area contributed by atoms with Gasteiger partial charge in [-0.3, -0.25) is 9.78 Å². The number of ether oxygens (including phenoxy) is 1. The first-order chi connectivity index (χ1) is 12.6.